The van der Waals surface area contributed by atoms with Crippen molar-refractivity contribution in [3.63, 3.8) is 0 Å². The Bertz CT molecular complexity index is 652. The van der Waals surface area contributed by atoms with Crippen LogP contribution in [0, 0.1) is 12.7 Å². The van der Waals surface area contributed by atoms with E-state index in [1.165, 1.54) is 18.2 Å². The number of rotatable bonds is 6. The van der Waals surface area contributed by atoms with Crippen LogP contribution < -0.4 is 5.32 Å². The van der Waals surface area contributed by atoms with E-state index in [1.807, 2.05) is 0 Å². The van der Waals surface area contributed by atoms with Crippen molar-refractivity contribution in [1.29, 1.82) is 0 Å². The number of esters is 1. The van der Waals surface area contributed by atoms with E-state index in [0.717, 1.165) is 5.56 Å². The van der Waals surface area contributed by atoms with Gasteiger partial charge in [-0.3, -0.25) is 4.79 Å². The van der Waals surface area contributed by atoms with E-state index in [1.54, 1.807) is 19.1 Å². The Balaban J connectivity index is 1.67. The van der Waals surface area contributed by atoms with Crippen molar-refractivity contribution < 1.29 is 23.2 Å². The maximum Gasteiger partial charge on any atom is 0.377 e. The SMILES string of the molecule is Cc1cc(C(=O)OCC(=O)NCCc2ccc(F)cc2)on1. The molecule has 0 atom stereocenters. The first-order valence-electron chi connectivity index (χ1n) is 6.66. The molecule has 0 bridgehead atoms. The number of halogens is 1. The van der Waals surface area contributed by atoms with Gasteiger partial charge in [-0.1, -0.05) is 17.3 Å². The summed E-state index contributed by atoms with van der Waals surface area (Å²) in [5.41, 5.74) is 1.45. The van der Waals surface area contributed by atoms with E-state index >= 15 is 0 Å². The summed E-state index contributed by atoms with van der Waals surface area (Å²) in [6.07, 6.45) is 0.557. The van der Waals surface area contributed by atoms with Crippen LogP contribution >= 0.6 is 0 Å². The Morgan fingerprint density at radius 2 is 2.05 bits per heavy atom. The van der Waals surface area contributed by atoms with Gasteiger partial charge in [0, 0.05) is 12.6 Å². The number of carbonyl (C=O) groups excluding carboxylic acids is 2. The van der Waals surface area contributed by atoms with Gasteiger partial charge in [0.25, 0.3) is 5.91 Å². The van der Waals surface area contributed by atoms with Gasteiger partial charge in [0.05, 0.1) is 5.69 Å². The van der Waals surface area contributed by atoms with Crippen molar-refractivity contribution >= 4 is 11.9 Å². The number of hydrogen-bond acceptors (Lipinski definition) is 5. The van der Waals surface area contributed by atoms with Gasteiger partial charge in [-0.25, -0.2) is 9.18 Å². The van der Waals surface area contributed by atoms with Crippen molar-refractivity contribution in [3.8, 4) is 0 Å². The van der Waals surface area contributed by atoms with Gasteiger partial charge >= 0.3 is 5.97 Å². The summed E-state index contributed by atoms with van der Waals surface area (Å²) >= 11 is 0. The van der Waals surface area contributed by atoms with Crippen LogP contribution in [0.5, 0.6) is 0 Å². The van der Waals surface area contributed by atoms with Crippen molar-refractivity contribution in [2.45, 2.75) is 13.3 Å². The van der Waals surface area contributed by atoms with E-state index in [2.05, 4.69) is 10.5 Å². The lowest BCUT2D eigenvalue weighted by molar-refractivity contribution is -0.124. The van der Waals surface area contributed by atoms with E-state index < -0.39 is 18.5 Å². The molecule has 1 heterocycles. The lowest BCUT2D eigenvalue weighted by atomic mass is 10.1. The van der Waals surface area contributed by atoms with E-state index in [9.17, 15) is 14.0 Å². The van der Waals surface area contributed by atoms with Crippen molar-refractivity contribution in [2.24, 2.45) is 0 Å². The number of aryl methyl sites for hydroxylation is 1. The van der Waals surface area contributed by atoms with Crippen LogP contribution in [0.15, 0.2) is 34.9 Å². The zero-order valence-corrected chi connectivity index (χ0v) is 12.0. The number of amides is 1. The van der Waals surface area contributed by atoms with Gasteiger partial charge in [0.1, 0.15) is 5.82 Å². The largest absolute Gasteiger partial charge is 0.450 e. The van der Waals surface area contributed by atoms with Gasteiger partial charge in [-0.15, -0.1) is 0 Å². The molecule has 1 aromatic heterocycles. The normalized spacial score (nSPS) is 10.3. The minimum atomic E-state index is -0.741. The number of nitrogens with zero attached hydrogens (tertiary/aromatic N) is 1. The molecule has 7 heteroatoms. The fourth-order valence-electron chi connectivity index (χ4n) is 1.71. The molecule has 116 valence electrons. The van der Waals surface area contributed by atoms with Crippen molar-refractivity contribution in [3.05, 3.63) is 53.2 Å². The topological polar surface area (TPSA) is 81.4 Å². The van der Waals surface area contributed by atoms with E-state index in [0.29, 0.717) is 18.7 Å². The van der Waals surface area contributed by atoms with Crippen LogP contribution in [0.25, 0.3) is 0 Å². The van der Waals surface area contributed by atoms with Crippen molar-refractivity contribution in [2.75, 3.05) is 13.2 Å². The molecular formula is C15H15FN2O4. The average molecular weight is 306 g/mol. The third-order valence-electron chi connectivity index (χ3n) is 2.81. The Morgan fingerprint density at radius 1 is 1.32 bits per heavy atom. The molecule has 0 aliphatic rings. The summed E-state index contributed by atoms with van der Waals surface area (Å²) in [7, 11) is 0. The fraction of sp³-hybridized carbons (Fsp3) is 0.267. The molecule has 0 saturated heterocycles. The number of ether oxygens (including phenoxy) is 1. The highest BCUT2D eigenvalue weighted by atomic mass is 19.1. The molecule has 0 spiro atoms. The number of benzene rings is 1. The second kappa shape index (κ2) is 7.35. The number of hydrogen-bond donors (Lipinski definition) is 1. The lowest BCUT2D eigenvalue weighted by Gasteiger charge is -2.05. The first-order chi connectivity index (χ1) is 10.5. The highest BCUT2D eigenvalue weighted by Gasteiger charge is 2.14. The molecule has 6 nitrogen and oxygen atoms in total. The smallest absolute Gasteiger partial charge is 0.377 e. The van der Waals surface area contributed by atoms with E-state index in [4.69, 9.17) is 9.26 Å². The molecule has 0 radical (unpaired) electrons. The summed E-state index contributed by atoms with van der Waals surface area (Å²) < 4.78 is 22.2. The molecular weight excluding hydrogens is 291 g/mol. The zero-order chi connectivity index (χ0) is 15.9. The van der Waals surface area contributed by atoms with Crippen LogP contribution in [0.3, 0.4) is 0 Å². The monoisotopic (exact) mass is 306 g/mol. The maximum absolute atomic E-state index is 12.7. The quantitative estimate of drug-likeness (QED) is 0.820. The first-order valence-corrected chi connectivity index (χ1v) is 6.66. The fourth-order valence-corrected chi connectivity index (χ4v) is 1.71. The standard InChI is InChI=1S/C15H15FN2O4/c1-10-8-13(22-18-10)15(20)21-9-14(19)17-7-6-11-2-4-12(16)5-3-11/h2-5,8H,6-7,9H2,1H3,(H,17,19). The molecule has 22 heavy (non-hydrogen) atoms. The first kappa shape index (κ1) is 15.7. The predicted octanol–water partition coefficient (Wildman–Crippen LogP) is 1.64. The summed E-state index contributed by atoms with van der Waals surface area (Å²) in [6.45, 7) is 1.63. The third kappa shape index (κ3) is 4.69. The number of nitrogens with one attached hydrogen (secondary N) is 1. The van der Waals surface area contributed by atoms with E-state index in [-0.39, 0.29) is 11.6 Å². The van der Waals surface area contributed by atoms with Gasteiger partial charge in [-0.05, 0) is 31.0 Å². The molecule has 0 aliphatic heterocycles. The molecule has 2 rings (SSSR count). The Morgan fingerprint density at radius 3 is 2.68 bits per heavy atom. The molecule has 2 aromatic rings. The molecule has 1 N–H and O–H groups in total. The Labute approximate surface area is 126 Å². The summed E-state index contributed by atoms with van der Waals surface area (Å²) in [5.74, 6) is -1.51. The Kier molecular flexibility index (Phi) is 5.24. The number of aromatic nitrogens is 1. The zero-order valence-electron chi connectivity index (χ0n) is 12.0. The molecule has 0 fully saturated rings. The van der Waals surface area contributed by atoms with Gasteiger partial charge in [-0.2, -0.15) is 0 Å². The van der Waals surface area contributed by atoms with Crippen LogP contribution in [-0.2, 0) is 16.0 Å². The van der Waals surface area contributed by atoms with Gasteiger partial charge in [0.2, 0.25) is 5.76 Å². The van der Waals surface area contributed by atoms with Crippen LogP contribution in [0.1, 0.15) is 21.8 Å². The highest BCUT2D eigenvalue weighted by molar-refractivity contribution is 5.88. The predicted molar refractivity (Wildman–Crippen MR) is 74.6 cm³/mol. The molecule has 0 saturated carbocycles. The summed E-state index contributed by atoms with van der Waals surface area (Å²) in [6, 6.07) is 7.44. The summed E-state index contributed by atoms with van der Waals surface area (Å²) in [4.78, 5) is 23.1. The minimum Gasteiger partial charge on any atom is -0.450 e. The second-order valence-corrected chi connectivity index (χ2v) is 4.64. The maximum atomic E-state index is 12.7. The van der Waals surface area contributed by atoms with Crippen LogP contribution in [0.4, 0.5) is 4.39 Å². The highest BCUT2D eigenvalue weighted by Crippen LogP contribution is 2.04. The number of carbonyl (C=O) groups is 2. The van der Waals surface area contributed by atoms with Gasteiger partial charge < -0.3 is 14.6 Å². The summed E-state index contributed by atoms with van der Waals surface area (Å²) in [5, 5.41) is 6.15. The molecule has 0 aliphatic carbocycles. The minimum absolute atomic E-state index is 0.0448. The van der Waals surface area contributed by atoms with Crippen LogP contribution in [0.2, 0.25) is 0 Å². The average Bonchev–Trinajstić information content (AvgIpc) is 2.93. The van der Waals surface area contributed by atoms with Gasteiger partial charge in [0.15, 0.2) is 6.61 Å². The molecule has 0 unspecified atom stereocenters. The Hall–Kier alpha value is -2.70. The molecule has 1 aromatic carbocycles. The third-order valence-corrected chi connectivity index (χ3v) is 2.81. The second-order valence-electron chi connectivity index (χ2n) is 4.64. The lowest BCUT2D eigenvalue weighted by Crippen LogP contribution is -2.30. The van der Waals surface area contributed by atoms with Crippen molar-refractivity contribution in [1.82, 2.24) is 10.5 Å². The van der Waals surface area contributed by atoms with Crippen LogP contribution in [-0.4, -0.2) is 30.2 Å². The molecule has 1 amide bonds.